The van der Waals surface area contributed by atoms with Crippen LogP contribution in [0.5, 0.6) is 0 Å². The van der Waals surface area contributed by atoms with Gasteiger partial charge in [0.25, 0.3) is 0 Å². The molecule has 0 aliphatic carbocycles. The van der Waals surface area contributed by atoms with E-state index in [1.54, 1.807) is 0 Å². The van der Waals surface area contributed by atoms with Crippen molar-refractivity contribution in [2.45, 2.75) is 26.2 Å². The lowest BCUT2D eigenvalue weighted by molar-refractivity contribution is 0.686. The van der Waals surface area contributed by atoms with E-state index in [2.05, 4.69) is 33.8 Å². The Hall–Kier alpha value is -4.48. The molecule has 0 amide bonds. The van der Waals surface area contributed by atoms with Crippen LogP contribution in [-0.2, 0) is 5.41 Å². The maximum absolute atomic E-state index is 9.47. The maximum atomic E-state index is 9.47. The summed E-state index contributed by atoms with van der Waals surface area (Å²) in [5, 5.41) is 19.6. The number of fused-ring (bicyclic) bond motifs is 3. The number of hydrogen-bond acceptors (Lipinski definition) is 4. The molecule has 158 valence electrons. The molecule has 0 bridgehead atoms. The van der Waals surface area contributed by atoms with Crippen molar-refractivity contribution >= 4 is 21.9 Å². The third kappa shape index (κ3) is 3.41. The van der Waals surface area contributed by atoms with Crippen LogP contribution < -0.4 is 0 Å². The summed E-state index contributed by atoms with van der Waals surface area (Å²) in [6.07, 6.45) is 1.82. The van der Waals surface area contributed by atoms with Crippen LogP contribution >= 0.6 is 0 Å². The molecule has 0 aliphatic rings. The Balaban J connectivity index is 1.71. The van der Waals surface area contributed by atoms with Crippen molar-refractivity contribution in [2.75, 3.05) is 0 Å². The minimum atomic E-state index is -0.544. The van der Waals surface area contributed by atoms with Gasteiger partial charge in [0.15, 0.2) is 0 Å². The lowest BCUT2D eigenvalue weighted by atomic mass is 9.86. The van der Waals surface area contributed by atoms with Crippen molar-refractivity contribution < 1.29 is 0 Å². The standard InChI is InChI=1S/C28H21N5/c1-18-32-26-16-31-25-13-8-21(20-6-4-19(15-29)5-7-20)14-24(25)27(26)33(18)23-11-9-22(10-12-23)28(2,3)17-30/h4-14,16H,1-3H3. The van der Waals surface area contributed by atoms with Crippen LogP contribution in [0.3, 0.4) is 0 Å². The van der Waals surface area contributed by atoms with E-state index in [0.29, 0.717) is 5.56 Å². The minimum absolute atomic E-state index is 0.544. The second-order valence-corrected chi connectivity index (χ2v) is 8.69. The number of nitrogens with zero attached hydrogens (tertiary/aromatic N) is 5. The molecule has 2 heterocycles. The van der Waals surface area contributed by atoms with Crippen molar-refractivity contribution in [1.82, 2.24) is 14.5 Å². The molecule has 33 heavy (non-hydrogen) atoms. The van der Waals surface area contributed by atoms with Crippen molar-refractivity contribution in [3.05, 3.63) is 89.9 Å². The van der Waals surface area contributed by atoms with Gasteiger partial charge in [0, 0.05) is 11.1 Å². The Morgan fingerprint density at radius 2 is 1.55 bits per heavy atom. The fourth-order valence-electron chi connectivity index (χ4n) is 4.20. The number of imidazole rings is 1. The van der Waals surface area contributed by atoms with Crippen molar-refractivity contribution in [3.63, 3.8) is 0 Å². The normalized spacial score (nSPS) is 11.4. The molecule has 3 aromatic carbocycles. The van der Waals surface area contributed by atoms with Gasteiger partial charge in [-0.2, -0.15) is 10.5 Å². The van der Waals surface area contributed by atoms with Crippen LogP contribution in [0, 0.1) is 29.6 Å². The average Bonchev–Trinajstić information content (AvgIpc) is 3.20. The molecule has 0 N–H and O–H groups in total. The summed E-state index contributed by atoms with van der Waals surface area (Å²) in [6, 6.07) is 26.4. The second kappa shape index (κ2) is 7.58. The van der Waals surface area contributed by atoms with Crippen LogP contribution in [0.2, 0.25) is 0 Å². The van der Waals surface area contributed by atoms with Crippen LogP contribution in [0.4, 0.5) is 0 Å². The van der Waals surface area contributed by atoms with Crippen molar-refractivity contribution in [2.24, 2.45) is 0 Å². The van der Waals surface area contributed by atoms with Gasteiger partial charge in [-0.25, -0.2) is 4.98 Å². The first kappa shape index (κ1) is 20.4. The van der Waals surface area contributed by atoms with E-state index in [9.17, 15) is 5.26 Å². The monoisotopic (exact) mass is 427 g/mol. The summed E-state index contributed by atoms with van der Waals surface area (Å²) in [6.45, 7) is 5.83. The Kier molecular flexibility index (Phi) is 4.69. The topological polar surface area (TPSA) is 78.3 Å². The maximum Gasteiger partial charge on any atom is 0.111 e. The highest BCUT2D eigenvalue weighted by Gasteiger charge is 2.20. The number of nitriles is 2. The molecule has 2 aromatic heterocycles. The molecule has 0 unspecified atom stereocenters. The van der Waals surface area contributed by atoms with E-state index in [-0.39, 0.29) is 0 Å². The van der Waals surface area contributed by atoms with Crippen LogP contribution in [0.1, 0.15) is 30.8 Å². The number of aryl methyl sites for hydroxylation is 1. The van der Waals surface area contributed by atoms with Crippen LogP contribution in [0.15, 0.2) is 72.9 Å². The Morgan fingerprint density at radius 1 is 0.848 bits per heavy atom. The van der Waals surface area contributed by atoms with E-state index in [1.165, 1.54) is 0 Å². The van der Waals surface area contributed by atoms with Gasteiger partial charge in [-0.05, 0) is 73.9 Å². The van der Waals surface area contributed by atoms with Gasteiger partial charge in [0.1, 0.15) is 11.3 Å². The molecule has 0 radical (unpaired) electrons. The molecule has 0 spiro atoms. The number of pyridine rings is 1. The first-order valence-electron chi connectivity index (χ1n) is 10.7. The fourth-order valence-corrected chi connectivity index (χ4v) is 4.20. The molecule has 0 saturated carbocycles. The lowest BCUT2D eigenvalue weighted by Gasteiger charge is -2.17. The van der Waals surface area contributed by atoms with Crippen LogP contribution in [-0.4, -0.2) is 14.5 Å². The molecule has 5 nitrogen and oxygen atoms in total. The first-order chi connectivity index (χ1) is 15.9. The minimum Gasteiger partial charge on any atom is -0.296 e. The first-order valence-corrected chi connectivity index (χ1v) is 10.7. The lowest BCUT2D eigenvalue weighted by Crippen LogP contribution is -2.13. The summed E-state index contributed by atoms with van der Waals surface area (Å²) in [5.41, 5.74) is 6.88. The van der Waals surface area contributed by atoms with E-state index in [0.717, 1.165) is 50.1 Å². The third-order valence-corrected chi connectivity index (χ3v) is 6.12. The highest BCUT2D eigenvalue weighted by atomic mass is 15.1. The zero-order chi connectivity index (χ0) is 23.2. The molecular formula is C28H21N5. The van der Waals surface area contributed by atoms with Gasteiger partial charge in [0.05, 0.1) is 40.3 Å². The smallest absolute Gasteiger partial charge is 0.111 e. The number of benzene rings is 3. The van der Waals surface area contributed by atoms with Gasteiger partial charge < -0.3 is 0 Å². The molecule has 5 heteroatoms. The number of rotatable bonds is 3. The third-order valence-electron chi connectivity index (χ3n) is 6.12. The predicted molar refractivity (Wildman–Crippen MR) is 130 cm³/mol. The van der Waals surface area contributed by atoms with Gasteiger partial charge >= 0.3 is 0 Å². The zero-order valence-corrected chi connectivity index (χ0v) is 18.7. The van der Waals surface area contributed by atoms with E-state index >= 15 is 0 Å². The summed E-state index contributed by atoms with van der Waals surface area (Å²) in [4.78, 5) is 9.39. The summed E-state index contributed by atoms with van der Waals surface area (Å²) < 4.78 is 2.14. The van der Waals surface area contributed by atoms with E-state index < -0.39 is 5.41 Å². The fraction of sp³-hybridized carbons (Fsp3) is 0.143. The molecule has 0 atom stereocenters. The quantitative estimate of drug-likeness (QED) is 0.342. The van der Waals surface area contributed by atoms with E-state index in [4.69, 9.17) is 10.2 Å². The predicted octanol–water partition coefficient (Wildman–Crippen LogP) is 6.22. The molecule has 5 aromatic rings. The molecule has 5 rings (SSSR count). The van der Waals surface area contributed by atoms with Crippen molar-refractivity contribution in [1.29, 1.82) is 10.5 Å². The van der Waals surface area contributed by atoms with Gasteiger partial charge in [-0.3, -0.25) is 9.55 Å². The molecule has 0 saturated heterocycles. The van der Waals surface area contributed by atoms with Gasteiger partial charge in [0.2, 0.25) is 0 Å². The van der Waals surface area contributed by atoms with E-state index in [1.807, 2.05) is 81.6 Å². The number of hydrogen-bond donors (Lipinski definition) is 0. The Labute approximate surface area is 192 Å². The summed E-state index contributed by atoms with van der Waals surface area (Å²) >= 11 is 0. The highest BCUT2D eigenvalue weighted by molar-refractivity contribution is 6.04. The van der Waals surface area contributed by atoms with Gasteiger partial charge in [-0.15, -0.1) is 0 Å². The molecule has 0 aliphatic heterocycles. The molecular weight excluding hydrogens is 406 g/mol. The largest absolute Gasteiger partial charge is 0.296 e. The SMILES string of the molecule is Cc1nc2cnc3ccc(-c4ccc(C#N)cc4)cc3c2n1-c1ccc(C(C)(C)C#N)cc1. The van der Waals surface area contributed by atoms with Crippen molar-refractivity contribution in [3.8, 4) is 29.0 Å². The summed E-state index contributed by atoms with van der Waals surface area (Å²) in [7, 11) is 0. The molecule has 0 fully saturated rings. The average molecular weight is 428 g/mol. The van der Waals surface area contributed by atoms with Crippen LogP contribution in [0.25, 0.3) is 38.8 Å². The summed E-state index contributed by atoms with van der Waals surface area (Å²) in [5.74, 6) is 0.871. The highest BCUT2D eigenvalue weighted by Crippen LogP contribution is 2.32. The number of aromatic nitrogens is 3. The second-order valence-electron chi connectivity index (χ2n) is 8.69. The Bertz CT molecular complexity index is 1590. The zero-order valence-electron chi connectivity index (χ0n) is 18.7. The Morgan fingerprint density at radius 3 is 2.21 bits per heavy atom. The van der Waals surface area contributed by atoms with Gasteiger partial charge in [-0.1, -0.05) is 30.3 Å².